The molecule has 0 spiro atoms. The van der Waals surface area contributed by atoms with E-state index in [-0.39, 0.29) is 18.3 Å². The van der Waals surface area contributed by atoms with E-state index in [1.54, 1.807) is 6.92 Å². The quantitative estimate of drug-likeness (QED) is 0.384. The number of ketones is 1. The maximum atomic E-state index is 11.2. The third-order valence-corrected chi connectivity index (χ3v) is 2.30. The van der Waals surface area contributed by atoms with Crippen molar-refractivity contribution in [3.05, 3.63) is 0 Å². The second-order valence-electron chi connectivity index (χ2n) is 2.74. The van der Waals surface area contributed by atoms with Crippen LogP contribution in [-0.4, -0.2) is 24.2 Å². The fourth-order valence-electron chi connectivity index (χ4n) is 0.583. The summed E-state index contributed by atoms with van der Waals surface area (Å²) < 4.78 is 4.72. The van der Waals surface area contributed by atoms with Crippen LogP contribution in [0.5, 0.6) is 0 Å². The Hall–Kier alpha value is -0.570. The minimum Gasteiger partial charge on any atom is -0.465 e. The van der Waals surface area contributed by atoms with Gasteiger partial charge >= 0.3 is 5.97 Å². The first-order valence-corrected chi connectivity index (χ1v) is 4.26. The largest absolute Gasteiger partial charge is 0.465 e. The second-order valence-corrected chi connectivity index (χ2v) is 3.01. The van der Waals surface area contributed by atoms with Gasteiger partial charge in [-0.3, -0.25) is 9.59 Å². The fourth-order valence-corrected chi connectivity index (χ4v) is 0.880. The molecule has 0 N–H and O–H groups in total. The lowest BCUT2D eigenvalue weighted by atomic mass is 9.89. The zero-order valence-corrected chi connectivity index (χ0v) is 8.27. The molecule has 0 aromatic heterocycles. The van der Waals surface area contributed by atoms with Crippen molar-refractivity contribution in [3.8, 4) is 0 Å². The van der Waals surface area contributed by atoms with Gasteiger partial charge in [-0.25, -0.2) is 0 Å². The lowest BCUT2D eigenvalue weighted by Gasteiger charge is -2.20. The van der Waals surface area contributed by atoms with E-state index < -0.39 is 11.4 Å². The summed E-state index contributed by atoms with van der Waals surface area (Å²) in [6.07, 6.45) is 0. The maximum absolute atomic E-state index is 11.2. The van der Waals surface area contributed by atoms with E-state index in [1.165, 1.54) is 13.8 Å². The van der Waals surface area contributed by atoms with Gasteiger partial charge in [0.05, 0.1) is 6.61 Å². The van der Waals surface area contributed by atoms with Gasteiger partial charge in [-0.05, 0) is 20.8 Å². The third kappa shape index (κ3) is 2.21. The first-order chi connectivity index (χ1) is 5.49. The predicted octanol–water partition coefficient (Wildman–Crippen LogP) is 1.38. The monoisotopic (exact) mass is 192 g/mol. The molecule has 12 heavy (non-hydrogen) atoms. The molecule has 0 aromatic rings. The molecule has 70 valence electrons. The van der Waals surface area contributed by atoms with Crippen LogP contribution < -0.4 is 0 Å². The molecule has 0 saturated heterocycles. The van der Waals surface area contributed by atoms with Crippen LogP contribution in [-0.2, 0) is 14.3 Å². The molecule has 0 bridgehead atoms. The smallest absolute Gasteiger partial charge is 0.320 e. The number of hydrogen-bond acceptors (Lipinski definition) is 3. The molecule has 0 fully saturated rings. The van der Waals surface area contributed by atoms with Crippen molar-refractivity contribution < 1.29 is 14.3 Å². The van der Waals surface area contributed by atoms with E-state index >= 15 is 0 Å². The van der Waals surface area contributed by atoms with Gasteiger partial charge in [0.2, 0.25) is 0 Å². The van der Waals surface area contributed by atoms with E-state index in [1.807, 2.05) is 0 Å². The van der Waals surface area contributed by atoms with Crippen molar-refractivity contribution in [2.24, 2.45) is 5.41 Å². The minimum atomic E-state index is -1.18. The lowest BCUT2D eigenvalue weighted by Crippen LogP contribution is -2.38. The van der Waals surface area contributed by atoms with Crippen LogP contribution in [0.4, 0.5) is 0 Å². The fraction of sp³-hybridized carbons (Fsp3) is 0.750. The molecule has 0 heterocycles. The van der Waals surface area contributed by atoms with E-state index in [2.05, 4.69) is 0 Å². The van der Waals surface area contributed by atoms with E-state index in [9.17, 15) is 9.59 Å². The highest BCUT2D eigenvalue weighted by atomic mass is 35.5. The van der Waals surface area contributed by atoms with Gasteiger partial charge < -0.3 is 4.74 Å². The van der Waals surface area contributed by atoms with Gasteiger partial charge in [0.1, 0.15) is 11.2 Å². The lowest BCUT2D eigenvalue weighted by molar-refractivity contribution is -0.156. The summed E-state index contributed by atoms with van der Waals surface area (Å²) in [5.74, 6) is -0.857. The van der Waals surface area contributed by atoms with Gasteiger partial charge in [-0.15, -0.1) is 11.6 Å². The summed E-state index contributed by atoms with van der Waals surface area (Å²) in [7, 11) is 0. The Balaban J connectivity index is 4.52. The summed E-state index contributed by atoms with van der Waals surface area (Å²) in [6.45, 7) is 4.77. The number of halogens is 1. The number of esters is 1. The molecular formula is C8H13ClO3. The number of Topliss-reactive ketones (excluding diaryl/α,β-unsaturated/α-hetero) is 1. The molecule has 0 rings (SSSR count). The van der Waals surface area contributed by atoms with Gasteiger partial charge in [0.15, 0.2) is 0 Å². The summed E-state index contributed by atoms with van der Waals surface area (Å²) >= 11 is 5.51. The molecule has 4 heteroatoms. The van der Waals surface area contributed by atoms with Crippen LogP contribution in [0.2, 0.25) is 0 Å². The molecule has 0 aliphatic rings. The molecule has 0 radical (unpaired) electrons. The van der Waals surface area contributed by atoms with Crippen LogP contribution in [0.15, 0.2) is 0 Å². The molecule has 0 aliphatic carbocycles. The van der Waals surface area contributed by atoms with Gasteiger partial charge in [0, 0.05) is 5.88 Å². The van der Waals surface area contributed by atoms with Crippen LogP contribution in [0.25, 0.3) is 0 Å². The summed E-state index contributed by atoms with van der Waals surface area (Å²) in [6, 6.07) is 0. The Morgan fingerprint density at radius 1 is 1.50 bits per heavy atom. The average molecular weight is 193 g/mol. The van der Waals surface area contributed by atoms with Crippen molar-refractivity contribution >= 4 is 23.4 Å². The molecular weight excluding hydrogens is 180 g/mol. The summed E-state index contributed by atoms with van der Waals surface area (Å²) in [5.41, 5.74) is -1.18. The Morgan fingerprint density at radius 2 is 2.00 bits per heavy atom. The van der Waals surface area contributed by atoms with Crippen molar-refractivity contribution in [2.75, 3.05) is 12.5 Å². The number of ether oxygens (including phenoxy) is 1. The summed E-state index contributed by atoms with van der Waals surface area (Å²) in [5, 5.41) is 0. The molecule has 0 saturated carbocycles. The highest BCUT2D eigenvalue weighted by molar-refractivity contribution is 6.23. The highest BCUT2D eigenvalue weighted by Gasteiger charge is 2.38. The Labute approximate surface area is 77.0 Å². The normalized spacial score (nSPS) is 15.0. The number of hydrogen-bond donors (Lipinski definition) is 0. The van der Waals surface area contributed by atoms with E-state index in [0.717, 1.165) is 0 Å². The Morgan fingerprint density at radius 3 is 2.25 bits per heavy atom. The zero-order valence-electron chi connectivity index (χ0n) is 7.52. The molecule has 1 atom stereocenters. The second kappa shape index (κ2) is 4.45. The minimum absolute atomic E-state index is 0.0405. The van der Waals surface area contributed by atoms with Crippen molar-refractivity contribution in [1.29, 1.82) is 0 Å². The van der Waals surface area contributed by atoms with Crippen molar-refractivity contribution in [2.45, 2.75) is 20.8 Å². The maximum Gasteiger partial charge on any atom is 0.320 e. The number of carbonyl (C=O) groups excluding carboxylic acids is 2. The Bertz CT molecular complexity index is 191. The van der Waals surface area contributed by atoms with Crippen molar-refractivity contribution in [3.63, 3.8) is 0 Å². The van der Waals surface area contributed by atoms with Crippen LogP contribution in [0, 0.1) is 5.41 Å². The zero-order chi connectivity index (χ0) is 9.78. The molecule has 0 aromatic carbocycles. The predicted molar refractivity (Wildman–Crippen MR) is 46.1 cm³/mol. The SMILES string of the molecule is CCOC(=O)C(C)(CCl)C(C)=O. The van der Waals surface area contributed by atoms with Crippen LogP contribution in [0.1, 0.15) is 20.8 Å². The van der Waals surface area contributed by atoms with Gasteiger partial charge in [-0.2, -0.15) is 0 Å². The highest BCUT2D eigenvalue weighted by Crippen LogP contribution is 2.21. The number of alkyl halides is 1. The molecule has 1 unspecified atom stereocenters. The van der Waals surface area contributed by atoms with Crippen LogP contribution >= 0.6 is 11.6 Å². The average Bonchev–Trinajstić information content (AvgIpc) is 2.03. The molecule has 0 aliphatic heterocycles. The Kier molecular flexibility index (Phi) is 4.24. The van der Waals surface area contributed by atoms with E-state index in [4.69, 9.17) is 16.3 Å². The van der Waals surface area contributed by atoms with Gasteiger partial charge in [0.25, 0.3) is 0 Å². The van der Waals surface area contributed by atoms with E-state index in [0.29, 0.717) is 0 Å². The van der Waals surface area contributed by atoms with Crippen LogP contribution in [0.3, 0.4) is 0 Å². The molecule has 3 nitrogen and oxygen atoms in total. The third-order valence-electron chi connectivity index (χ3n) is 1.77. The number of carbonyl (C=O) groups is 2. The first-order valence-electron chi connectivity index (χ1n) is 3.73. The number of rotatable bonds is 4. The van der Waals surface area contributed by atoms with Gasteiger partial charge in [-0.1, -0.05) is 0 Å². The first kappa shape index (κ1) is 11.4. The molecule has 0 amide bonds. The topological polar surface area (TPSA) is 43.4 Å². The van der Waals surface area contributed by atoms with Crippen molar-refractivity contribution in [1.82, 2.24) is 0 Å². The summed E-state index contributed by atoms with van der Waals surface area (Å²) in [4.78, 5) is 22.2. The standard InChI is InChI=1S/C8H13ClO3/c1-4-12-7(11)8(3,5-9)6(2)10/h4-5H2,1-3H3.